The molecule has 3 rings (SSSR count). The quantitative estimate of drug-likeness (QED) is 0.884. The second-order valence-corrected chi connectivity index (χ2v) is 7.24. The number of nitrogens with zero attached hydrogens (tertiary/aromatic N) is 4. The fraction of sp³-hybridized carbons (Fsp3) is 0.556. The van der Waals surface area contributed by atoms with Crippen molar-refractivity contribution in [1.82, 2.24) is 19.7 Å². The topological polar surface area (TPSA) is 54.2 Å². The zero-order valence-electron chi connectivity index (χ0n) is 14.7. The second kappa shape index (κ2) is 7.81. The summed E-state index contributed by atoms with van der Waals surface area (Å²) in [5.74, 6) is 1.85. The van der Waals surface area contributed by atoms with Crippen molar-refractivity contribution in [1.29, 1.82) is 0 Å². The Hall–Kier alpha value is -1.50. The molecule has 5 nitrogen and oxygen atoms in total. The summed E-state index contributed by atoms with van der Waals surface area (Å²) in [6, 6.07) is 3.49. The number of rotatable bonds is 5. The Kier molecular flexibility index (Phi) is 5.71. The lowest BCUT2D eigenvalue weighted by Crippen LogP contribution is -2.34. The third-order valence-corrected chi connectivity index (χ3v) is 5.49. The van der Waals surface area contributed by atoms with E-state index in [1.807, 2.05) is 11.6 Å². The lowest BCUT2D eigenvalue weighted by atomic mass is 9.93. The summed E-state index contributed by atoms with van der Waals surface area (Å²) in [6.45, 7) is 4.06. The van der Waals surface area contributed by atoms with Crippen LogP contribution in [0.4, 0.5) is 4.39 Å². The minimum atomic E-state index is -0.190. The summed E-state index contributed by atoms with van der Waals surface area (Å²) >= 11 is 6.19. The van der Waals surface area contributed by atoms with Gasteiger partial charge in [-0.2, -0.15) is 0 Å². The van der Waals surface area contributed by atoms with E-state index in [9.17, 15) is 9.50 Å². The lowest BCUT2D eigenvalue weighted by molar-refractivity contribution is 0.173. The summed E-state index contributed by atoms with van der Waals surface area (Å²) in [5.41, 5.74) is 1.23. The van der Waals surface area contributed by atoms with Gasteiger partial charge in [-0.15, -0.1) is 10.2 Å². The van der Waals surface area contributed by atoms with Crippen molar-refractivity contribution in [3.05, 3.63) is 45.7 Å². The Balaban J connectivity index is 1.57. The Labute approximate surface area is 152 Å². The molecule has 1 fully saturated rings. The molecule has 2 heterocycles. The van der Waals surface area contributed by atoms with Gasteiger partial charge in [0.25, 0.3) is 0 Å². The van der Waals surface area contributed by atoms with Crippen molar-refractivity contribution in [2.45, 2.75) is 39.3 Å². The third kappa shape index (κ3) is 4.02. The predicted octanol–water partition coefficient (Wildman–Crippen LogP) is 2.86. The zero-order chi connectivity index (χ0) is 18.0. The molecular formula is C18H24ClFN4O. The first-order chi connectivity index (χ1) is 12.0. The number of halogens is 2. The number of aryl methyl sites for hydroxylation is 1. The normalized spacial score (nSPS) is 16.5. The van der Waals surface area contributed by atoms with Crippen LogP contribution in [0.1, 0.15) is 35.6 Å². The van der Waals surface area contributed by atoms with Gasteiger partial charge >= 0.3 is 0 Å². The molecule has 1 aromatic carbocycles. The van der Waals surface area contributed by atoms with Gasteiger partial charge in [-0.3, -0.25) is 4.90 Å². The first kappa shape index (κ1) is 18.3. The Morgan fingerprint density at radius 2 is 1.92 bits per heavy atom. The monoisotopic (exact) mass is 366 g/mol. The van der Waals surface area contributed by atoms with Gasteiger partial charge in [0.1, 0.15) is 18.2 Å². The average Bonchev–Trinajstić information content (AvgIpc) is 2.96. The molecule has 136 valence electrons. The van der Waals surface area contributed by atoms with Gasteiger partial charge in [-0.25, -0.2) is 4.39 Å². The molecule has 1 aliphatic heterocycles. The molecule has 0 aliphatic carbocycles. The van der Waals surface area contributed by atoms with E-state index in [1.54, 1.807) is 19.1 Å². The average molecular weight is 367 g/mol. The number of hydrogen-bond donors (Lipinski definition) is 1. The van der Waals surface area contributed by atoms with E-state index in [2.05, 4.69) is 15.1 Å². The van der Waals surface area contributed by atoms with Gasteiger partial charge in [0.15, 0.2) is 5.82 Å². The maximum Gasteiger partial charge on any atom is 0.158 e. The van der Waals surface area contributed by atoms with E-state index in [-0.39, 0.29) is 12.4 Å². The molecule has 0 saturated carbocycles. The number of benzene rings is 1. The van der Waals surface area contributed by atoms with Crippen molar-refractivity contribution < 1.29 is 9.50 Å². The van der Waals surface area contributed by atoms with Gasteiger partial charge in [0.2, 0.25) is 0 Å². The Morgan fingerprint density at radius 3 is 2.56 bits per heavy atom. The molecule has 0 atom stereocenters. The van der Waals surface area contributed by atoms with Crippen molar-refractivity contribution in [3.8, 4) is 0 Å². The highest BCUT2D eigenvalue weighted by molar-refractivity contribution is 6.31. The molecule has 0 bridgehead atoms. The molecular weight excluding hydrogens is 343 g/mol. The van der Waals surface area contributed by atoms with Crippen LogP contribution in [0.3, 0.4) is 0 Å². The van der Waals surface area contributed by atoms with E-state index < -0.39 is 0 Å². The predicted molar refractivity (Wildman–Crippen MR) is 94.8 cm³/mol. The van der Waals surface area contributed by atoms with Gasteiger partial charge in [-0.1, -0.05) is 17.7 Å². The summed E-state index contributed by atoms with van der Waals surface area (Å²) in [5, 5.41) is 17.9. The number of aliphatic hydroxyl groups excluding tert-OH is 1. The number of likely N-dealkylation sites (tertiary alicyclic amines) is 1. The van der Waals surface area contributed by atoms with E-state index in [0.717, 1.165) is 38.2 Å². The third-order valence-electron chi connectivity index (χ3n) is 5.14. The standard InChI is InChI=1S/C18H24ClFN4O/c1-12-3-4-15(19)14(18(12)20)10-24-7-5-13(6-8-24)9-16-21-22-17(11-25)23(16)2/h3-4,13,25H,5-11H2,1-2H3. The summed E-state index contributed by atoms with van der Waals surface area (Å²) in [6.07, 6.45) is 2.93. The smallest absolute Gasteiger partial charge is 0.158 e. The number of aromatic nitrogens is 3. The van der Waals surface area contributed by atoms with Crippen LogP contribution in [0.2, 0.25) is 5.02 Å². The molecule has 1 aliphatic rings. The lowest BCUT2D eigenvalue weighted by Gasteiger charge is -2.32. The molecule has 0 spiro atoms. The summed E-state index contributed by atoms with van der Waals surface area (Å²) < 4.78 is 16.2. The molecule has 0 unspecified atom stereocenters. The van der Waals surface area contributed by atoms with Crippen LogP contribution < -0.4 is 0 Å². The highest BCUT2D eigenvalue weighted by atomic mass is 35.5. The minimum Gasteiger partial charge on any atom is -0.388 e. The van der Waals surface area contributed by atoms with E-state index in [1.165, 1.54) is 0 Å². The van der Waals surface area contributed by atoms with Crippen LogP contribution in [-0.2, 0) is 26.6 Å². The van der Waals surface area contributed by atoms with Crippen LogP contribution in [0.25, 0.3) is 0 Å². The Bertz CT molecular complexity index is 741. The van der Waals surface area contributed by atoms with Crippen LogP contribution in [0.5, 0.6) is 0 Å². The molecule has 7 heteroatoms. The van der Waals surface area contributed by atoms with Crippen molar-refractivity contribution in [2.75, 3.05) is 13.1 Å². The SMILES string of the molecule is Cc1ccc(Cl)c(CN2CCC(Cc3nnc(CO)n3C)CC2)c1F. The fourth-order valence-corrected chi connectivity index (χ4v) is 3.61. The Morgan fingerprint density at radius 1 is 1.24 bits per heavy atom. The summed E-state index contributed by atoms with van der Waals surface area (Å²) in [7, 11) is 1.89. The van der Waals surface area contributed by atoms with Crippen molar-refractivity contribution in [2.24, 2.45) is 13.0 Å². The molecule has 1 N–H and O–H groups in total. The second-order valence-electron chi connectivity index (χ2n) is 6.83. The number of aliphatic hydroxyl groups is 1. The zero-order valence-corrected chi connectivity index (χ0v) is 15.4. The molecule has 1 aromatic heterocycles. The molecule has 0 amide bonds. The fourth-order valence-electron chi connectivity index (χ4n) is 3.40. The molecule has 1 saturated heterocycles. The van der Waals surface area contributed by atoms with Crippen LogP contribution >= 0.6 is 11.6 Å². The first-order valence-electron chi connectivity index (χ1n) is 8.63. The molecule has 25 heavy (non-hydrogen) atoms. The highest BCUT2D eigenvalue weighted by Crippen LogP contribution is 2.27. The van der Waals surface area contributed by atoms with E-state index in [0.29, 0.717) is 34.4 Å². The van der Waals surface area contributed by atoms with Gasteiger partial charge < -0.3 is 9.67 Å². The maximum atomic E-state index is 14.3. The van der Waals surface area contributed by atoms with Gasteiger partial charge in [0.05, 0.1) is 0 Å². The van der Waals surface area contributed by atoms with Crippen LogP contribution in [0, 0.1) is 18.7 Å². The van der Waals surface area contributed by atoms with Gasteiger partial charge in [-0.05, 0) is 50.4 Å². The van der Waals surface area contributed by atoms with E-state index in [4.69, 9.17) is 11.6 Å². The number of piperidine rings is 1. The molecule has 0 radical (unpaired) electrons. The largest absolute Gasteiger partial charge is 0.388 e. The maximum absolute atomic E-state index is 14.3. The van der Waals surface area contributed by atoms with Gasteiger partial charge in [0, 0.05) is 30.6 Å². The van der Waals surface area contributed by atoms with Crippen LogP contribution in [-0.4, -0.2) is 37.9 Å². The van der Waals surface area contributed by atoms with Crippen LogP contribution in [0.15, 0.2) is 12.1 Å². The van der Waals surface area contributed by atoms with Crippen molar-refractivity contribution >= 4 is 11.6 Å². The van der Waals surface area contributed by atoms with E-state index >= 15 is 0 Å². The summed E-state index contributed by atoms with van der Waals surface area (Å²) in [4.78, 5) is 2.26. The highest BCUT2D eigenvalue weighted by Gasteiger charge is 2.23. The number of hydrogen-bond acceptors (Lipinski definition) is 4. The minimum absolute atomic E-state index is 0.0925. The first-order valence-corrected chi connectivity index (χ1v) is 9.01. The van der Waals surface area contributed by atoms with Crippen molar-refractivity contribution in [3.63, 3.8) is 0 Å². The molecule has 2 aromatic rings.